The predicted octanol–water partition coefficient (Wildman–Crippen LogP) is 1.23. The zero-order valence-corrected chi connectivity index (χ0v) is 16.0. The smallest absolute Gasteiger partial charge is 0.338 e. The van der Waals surface area contributed by atoms with Gasteiger partial charge in [-0.2, -0.15) is 0 Å². The van der Waals surface area contributed by atoms with Gasteiger partial charge in [0.15, 0.2) is 11.8 Å². The third-order valence-corrected chi connectivity index (χ3v) is 6.06. The molecule has 0 saturated heterocycles. The van der Waals surface area contributed by atoms with Crippen LogP contribution in [0.3, 0.4) is 0 Å². The van der Waals surface area contributed by atoms with Gasteiger partial charge >= 0.3 is 5.97 Å². The molecule has 0 unspecified atom stereocenters. The number of thioether (sulfide) groups is 1. The molecule has 10 heteroatoms. The summed E-state index contributed by atoms with van der Waals surface area (Å²) in [5.74, 6) is -0.674. The highest BCUT2D eigenvalue weighted by molar-refractivity contribution is 8.15. The number of benzene rings is 1. The molecule has 1 N–H and O–H groups in total. The minimum absolute atomic E-state index is 0.0359. The molecule has 2 heterocycles. The molecule has 0 aromatic heterocycles. The molecular formula is C16H19N3O5S2. The summed E-state index contributed by atoms with van der Waals surface area (Å²) in [6.45, 7) is 4.45. The normalized spacial score (nSPS) is 17.3. The molecule has 8 nitrogen and oxygen atoms in total. The zero-order chi connectivity index (χ0) is 18.9. The number of nitrogens with zero attached hydrogens (tertiary/aromatic N) is 2. The number of rotatable bonds is 5. The summed E-state index contributed by atoms with van der Waals surface area (Å²) < 4.78 is 32.1. The summed E-state index contributed by atoms with van der Waals surface area (Å²) >= 11 is 1.20. The van der Waals surface area contributed by atoms with E-state index in [-0.39, 0.29) is 18.3 Å². The molecule has 0 fully saturated rings. The van der Waals surface area contributed by atoms with E-state index in [2.05, 4.69) is 9.71 Å². The minimum atomic E-state index is -3.42. The average molecular weight is 397 g/mol. The highest BCUT2D eigenvalue weighted by Gasteiger charge is 2.33. The van der Waals surface area contributed by atoms with Crippen LogP contribution in [-0.4, -0.2) is 50.9 Å². The summed E-state index contributed by atoms with van der Waals surface area (Å²) in [6.07, 6.45) is 0. The van der Waals surface area contributed by atoms with Crippen molar-refractivity contribution in [2.75, 3.05) is 30.3 Å². The first-order valence-electron chi connectivity index (χ1n) is 8.11. The third-order valence-electron chi connectivity index (χ3n) is 3.75. The number of hydrogen-bond donors (Lipinski definition) is 1. The maximum absolute atomic E-state index is 12.2. The van der Waals surface area contributed by atoms with Crippen LogP contribution < -0.4 is 10.2 Å². The van der Waals surface area contributed by atoms with Crippen molar-refractivity contribution in [1.82, 2.24) is 5.32 Å². The van der Waals surface area contributed by atoms with Gasteiger partial charge in [0.2, 0.25) is 0 Å². The summed E-state index contributed by atoms with van der Waals surface area (Å²) in [6, 6.07) is 4.96. The Hall–Kier alpha value is -2.07. The predicted molar refractivity (Wildman–Crippen MR) is 99.0 cm³/mol. The zero-order valence-electron chi connectivity index (χ0n) is 14.4. The number of carbonyl (C=O) groups excluding carboxylic acids is 2. The van der Waals surface area contributed by atoms with Crippen LogP contribution in [0.25, 0.3) is 0 Å². The van der Waals surface area contributed by atoms with Gasteiger partial charge in [-0.05, 0) is 35.9 Å². The standard InChI is InChI=1S/C16H19N3O5S2/c1-10(2)8-17-14(20)9-24-15(21)11-3-4-12-13(7-11)25-16-18-26(22,23)6-5-19(12)16/h3-4,7,10H,5-6,8-9H2,1-2H3,(H,17,20). The Bertz CT molecular complexity index is 880. The number of nitrogens with one attached hydrogen (secondary N) is 1. The van der Waals surface area contributed by atoms with Crippen LogP contribution in [0.4, 0.5) is 5.69 Å². The largest absolute Gasteiger partial charge is 0.452 e. The molecule has 0 saturated carbocycles. The minimum Gasteiger partial charge on any atom is -0.452 e. The van der Waals surface area contributed by atoms with Crippen molar-refractivity contribution in [3.63, 3.8) is 0 Å². The number of anilines is 1. The fraction of sp³-hybridized carbons (Fsp3) is 0.438. The van der Waals surface area contributed by atoms with Gasteiger partial charge in [-0.3, -0.25) is 4.79 Å². The maximum Gasteiger partial charge on any atom is 0.338 e. The van der Waals surface area contributed by atoms with E-state index in [1.54, 1.807) is 18.2 Å². The molecule has 1 aromatic carbocycles. The van der Waals surface area contributed by atoms with Crippen molar-refractivity contribution in [2.24, 2.45) is 10.3 Å². The van der Waals surface area contributed by atoms with E-state index in [0.717, 1.165) is 10.6 Å². The number of ether oxygens (including phenoxy) is 1. The van der Waals surface area contributed by atoms with Gasteiger partial charge in [0.25, 0.3) is 15.9 Å². The number of amidine groups is 1. The van der Waals surface area contributed by atoms with Crippen molar-refractivity contribution in [3.05, 3.63) is 23.8 Å². The second-order valence-corrected chi connectivity index (χ2v) is 9.13. The van der Waals surface area contributed by atoms with Crippen LogP contribution >= 0.6 is 11.8 Å². The van der Waals surface area contributed by atoms with Gasteiger partial charge in [0.1, 0.15) is 0 Å². The second kappa shape index (κ2) is 7.28. The lowest BCUT2D eigenvalue weighted by Gasteiger charge is -2.22. The third kappa shape index (κ3) is 4.18. The Morgan fingerprint density at radius 1 is 1.38 bits per heavy atom. The summed E-state index contributed by atoms with van der Waals surface area (Å²) in [5, 5.41) is 3.07. The van der Waals surface area contributed by atoms with E-state index < -0.39 is 16.0 Å². The molecule has 2 aliphatic rings. The number of hydrogen-bond acceptors (Lipinski definition) is 7. The monoisotopic (exact) mass is 397 g/mol. The molecule has 0 radical (unpaired) electrons. The Morgan fingerprint density at radius 2 is 2.15 bits per heavy atom. The molecule has 26 heavy (non-hydrogen) atoms. The summed E-state index contributed by atoms with van der Waals surface area (Å²) in [5.41, 5.74) is 1.12. The number of fused-ring (bicyclic) bond motifs is 3. The molecule has 0 bridgehead atoms. The van der Waals surface area contributed by atoms with Gasteiger partial charge in [0.05, 0.1) is 17.0 Å². The number of sulfonamides is 1. The van der Waals surface area contributed by atoms with Crippen LogP contribution in [0, 0.1) is 5.92 Å². The molecule has 140 valence electrons. The van der Waals surface area contributed by atoms with E-state index >= 15 is 0 Å². The summed E-state index contributed by atoms with van der Waals surface area (Å²) in [4.78, 5) is 26.3. The molecule has 0 aliphatic carbocycles. The number of carbonyl (C=O) groups is 2. The van der Waals surface area contributed by atoms with Crippen LogP contribution in [0.15, 0.2) is 27.5 Å². The molecule has 1 aromatic rings. The van der Waals surface area contributed by atoms with Crippen molar-refractivity contribution in [2.45, 2.75) is 18.7 Å². The Kier molecular flexibility index (Phi) is 5.24. The topological polar surface area (TPSA) is 105 Å². The van der Waals surface area contributed by atoms with Gasteiger partial charge in [-0.25, -0.2) is 13.2 Å². The van der Waals surface area contributed by atoms with Crippen molar-refractivity contribution in [1.29, 1.82) is 0 Å². The van der Waals surface area contributed by atoms with Gasteiger partial charge in [-0.1, -0.05) is 13.8 Å². The summed E-state index contributed by atoms with van der Waals surface area (Å²) in [7, 11) is -3.42. The lowest BCUT2D eigenvalue weighted by molar-refractivity contribution is -0.124. The van der Waals surface area contributed by atoms with E-state index in [9.17, 15) is 18.0 Å². The quantitative estimate of drug-likeness (QED) is 0.745. The second-order valence-electron chi connectivity index (χ2n) is 6.37. The van der Waals surface area contributed by atoms with Gasteiger partial charge in [0, 0.05) is 18.0 Å². The van der Waals surface area contributed by atoms with Crippen molar-refractivity contribution in [3.8, 4) is 0 Å². The van der Waals surface area contributed by atoms with E-state index in [0.29, 0.717) is 29.7 Å². The lowest BCUT2D eigenvalue weighted by Crippen LogP contribution is -2.35. The van der Waals surface area contributed by atoms with Crippen LogP contribution in [0.2, 0.25) is 0 Å². The first kappa shape index (κ1) is 18.7. The highest BCUT2D eigenvalue weighted by Crippen LogP contribution is 2.42. The maximum atomic E-state index is 12.2. The van der Waals surface area contributed by atoms with Crippen molar-refractivity contribution < 1.29 is 22.7 Å². The Labute approximate surface area is 156 Å². The van der Waals surface area contributed by atoms with E-state index in [4.69, 9.17) is 4.74 Å². The highest BCUT2D eigenvalue weighted by atomic mass is 32.2. The fourth-order valence-corrected chi connectivity index (χ4v) is 4.74. The molecule has 3 rings (SSSR count). The number of amides is 1. The van der Waals surface area contributed by atoms with Crippen LogP contribution in [0.5, 0.6) is 0 Å². The van der Waals surface area contributed by atoms with Crippen LogP contribution in [0.1, 0.15) is 24.2 Å². The SMILES string of the molecule is CC(C)CNC(=O)COC(=O)c1ccc2c(c1)SC1=NS(=O)(=O)CCN12. The fourth-order valence-electron chi connectivity index (χ4n) is 2.44. The lowest BCUT2D eigenvalue weighted by atomic mass is 10.2. The Balaban J connectivity index is 1.66. The molecule has 1 amide bonds. The van der Waals surface area contributed by atoms with E-state index in [1.165, 1.54) is 11.8 Å². The van der Waals surface area contributed by atoms with Gasteiger partial charge < -0.3 is 15.0 Å². The first-order valence-corrected chi connectivity index (χ1v) is 10.5. The molecule has 0 spiro atoms. The first-order chi connectivity index (χ1) is 12.2. The molecular weight excluding hydrogens is 378 g/mol. The molecule has 0 atom stereocenters. The van der Waals surface area contributed by atoms with Crippen LogP contribution in [-0.2, 0) is 19.6 Å². The van der Waals surface area contributed by atoms with Crippen molar-refractivity contribution >= 4 is 44.5 Å². The Morgan fingerprint density at radius 3 is 2.88 bits per heavy atom. The number of esters is 1. The average Bonchev–Trinajstić information content (AvgIpc) is 2.92. The van der Waals surface area contributed by atoms with E-state index in [1.807, 2.05) is 18.7 Å². The van der Waals surface area contributed by atoms with Gasteiger partial charge in [-0.15, -0.1) is 4.40 Å². The molecule has 2 aliphatic heterocycles.